The molecule has 0 aliphatic rings. The molecule has 0 saturated carbocycles. The lowest BCUT2D eigenvalue weighted by Crippen LogP contribution is -2.33. The molecular formula is C21H23NO6S. The number of imide groups is 1. The van der Waals surface area contributed by atoms with Crippen molar-refractivity contribution in [3.63, 3.8) is 0 Å². The lowest BCUT2D eigenvalue weighted by Gasteiger charge is -2.24. The first-order valence-corrected chi connectivity index (χ1v) is 9.66. The Labute approximate surface area is 174 Å². The Morgan fingerprint density at radius 2 is 1.72 bits per heavy atom. The Hall–Kier alpha value is -3.00. The minimum Gasteiger partial charge on any atom is -0.508 e. The van der Waals surface area contributed by atoms with E-state index in [1.165, 1.54) is 12.1 Å². The highest BCUT2D eigenvalue weighted by molar-refractivity contribution is 7.81. The largest absolute Gasteiger partial charge is 0.508 e. The number of amides is 2. The van der Waals surface area contributed by atoms with E-state index in [9.17, 15) is 19.5 Å². The van der Waals surface area contributed by atoms with Crippen LogP contribution in [0.15, 0.2) is 54.6 Å². The maximum absolute atomic E-state index is 12.3. The summed E-state index contributed by atoms with van der Waals surface area (Å²) < 4.78 is 10.5. The maximum atomic E-state index is 12.3. The molecule has 29 heavy (non-hydrogen) atoms. The van der Waals surface area contributed by atoms with Gasteiger partial charge in [-0.3, -0.25) is 14.9 Å². The molecule has 2 amide bonds. The van der Waals surface area contributed by atoms with Crippen LogP contribution in [-0.2, 0) is 14.3 Å². The molecule has 0 unspecified atom stereocenters. The monoisotopic (exact) mass is 417 g/mol. The van der Waals surface area contributed by atoms with E-state index in [1.54, 1.807) is 42.5 Å². The molecule has 0 aromatic heterocycles. The Bertz CT molecular complexity index is 825. The Kier molecular flexibility index (Phi) is 8.54. The van der Waals surface area contributed by atoms with Crippen LogP contribution in [0.1, 0.15) is 35.4 Å². The maximum Gasteiger partial charge on any atom is 0.414 e. The third-order valence-electron chi connectivity index (χ3n) is 4.19. The molecule has 0 aliphatic heterocycles. The van der Waals surface area contributed by atoms with Crippen LogP contribution in [0.2, 0.25) is 0 Å². The molecule has 0 bridgehead atoms. The SMILES string of the molecule is C[C@H](CCOC(=O)CS)[C@@H](OC(=O)NC(=O)c1ccccc1)c1ccc(O)cc1. The zero-order valence-electron chi connectivity index (χ0n) is 15.9. The predicted octanol–water partition coefficient (Wildman–Crippen LogP) is 3.50. The molecule has 2 N–H and O–H groups in total. The van der Waals surface area contributed by atoms with E-state index in [2.05, 4.69) is 17.9 Å². The molecule has 2 rings (SSSR count). The van der Waals surface area contributed by atoms with Crippen molar-refractivity contribution in [1.82, 2.24) is 5.32 Å². The number of carbonyl (C=O) groups is 3. The van der Waals surface area contributed by atoms with E-state index >= 15 is 0 Å². The van der Waals surface area contributed by atoms with Gasteiger partial charge in [-0.15, -0.1) is 0 Å². The zero-order valence-corrected chi connectivity index (χ0v) is 16.8. The third kappa shape index (κ3) is 7.15. The molecule has 0 saturated heterocycles. The van der Waals surface area contributed by atoms with E-state index in [0.29, 0.717) is 17.5 Å². The van der Waals surface area contributed by atoms with Gasteiger partial charge < -0.3 is 14.6 Å². The summed E-state index contributed by atoms with van der Waals surface area (Å²) in [6.45, 7) is 1.97. The fourth-order valence-corrected chi connectivity index (χ4v) is 2.72. The van der Waals surface area contributed by atoms with Gasteiger partial charge in [0.05, 0.1) is 12.4 Å². The Morgan fingerprint density at radius 1 is 1.07 bits per heavy atom. The number of phenolic OH excluding ortho intramolecular Hbond substituents is 1. The minimum absolute atomic E-state index is 0.0176. The standard InChI is InChI=1S/C21H23NO6S/c1-14(11-12-27-18(24)13-29)19(15-7-9-17(23)10-8-15)28-21(26)22-20(25)16-5-3-2-4-6-16/h2-10,14,19,23,29H,11-13H2,1H3,(H,22,25,26)/t14-,19-/m1/s1. The van der Waals surface area contributed by atoms with E-state index in [-0.39, 0.29) is 24.0 Å². The topological polar surface area (TPSA) is 102 Å². The number of benzene rings is 2. The molecular weight excluding hydrogens is 394 g/mol. The molecule has 0 spiro atoms. The minimum atomic E-state index is -0.892. The highest BCUT2D eigenvalue weighted by Gasteiger charge is 2.25. The molecule has 154 valence electrons. The van der Waals surface area contributed by atoms with Crippen LogP contribution in [0.25, 0.3) is 0 Å². The average Bonchev–Trinajstić information content (AvgIpc) is 2.73. The van der Waals surface area contributed by atoms with Crippen LogP contribution in [-0.4, -0.2) is 35.4 Å². The van der Waals surface area contributed by atoms with Gasteiger partial charge in [0.15, 0.2) is 0 Å². The van der Waals surface area contributed by atoms with Crippen LogP contribution >= 0.6 is 12.6 Å². The lowest BCUT2D eigenvalue weighted by molar-refractivity contribution is -0.141. The highest BCUT2D eigenvalue weighted by atomic mass is 32.1. The summed E-state index contributed by atoms with van der Waals surface area (Å²) in [5, 5.41) is 11.7. The number of aromatic hydroxyl groups is 1. The summed E-state index contributed by atoms with van der Waals surface area (Å²) in [7, 11) is 0. The van der Waals surface area contributed by atoms with E-state index in [0.717, 1.165) is 0 Å². The average molecular weight is 417 g/mol. The molecule has 2 aromatic carbocycles. The number of phenols is 1. The van der Waals surface area contributed by atoms with E-state index in [4.69, 9.17) is 9.47 Å². The summed E-state index contributed by atoms with van der Waals surface area (Å²) in [5.74, 6) is -1.18. The quantitative estimate of drug-likeness (QED) is 0.449. The molecule has 7 nitrogen and oxygen atoms in total. The number of alkyl carbamates (subject to hydrolysis) is 1. The van der Waals surface area contributed by atoms with Crippen LogP contribution in [0.5, 0.6) is 5.75 Å². The molecule has 0 aliphatic carbocycles. The number of hydrogen-bond donors (Lipinski definition) is 3. The molecule has 2 atom stereocenters. The summed E-state index contributed by atoms with van der Waals surface area (Å²) in [6.07, 6.45) is -1.18. The van der Waals surface area contributed by atoms with Crippen molar-refractivity contribution in [1.29, 1.82) is 0 Å². The first kappa shape index (κ1) is 22.3. The van der Waals surface area contributed by atoms with Crippen LogP contribution in [0.4, 0.5) is 4.79 Å². The van der Waals surface area contributed by atoms with Gasteiger partial charge in [0.25, 0.3) is 5.91 Å². The number of carbonyl (C=O) groups excluding carboxylic acids is 3. The van der Waals surface area contributed by atoms with Crippen LogP contribution < -0.4 is 5.32 Å². The number of nitrogens with one attached hydrogen (secondary N) is 1. The van der Waals surface area contributed by atoms with Gasteiger partial charge in [-0.1, -0.05) is 37.3 Å². The first-order chi connectivity index (χ1) is 13.9. The second kappa shape index (κ2) is 11.1. The highest BCUT2D eigenvalue weighted by Crippen LogP contribution is 2.29. The first-order valence-electron chi connectivity index (χ1n) is 9.03. The summed E-state index contributed by atoms with van der Waals surface area (Å²) in [5.41, 5.74) is 0.968. The fraction of sp³-hybridized carbons (Fsp3) is 0.286. The summed E-state index contributed by atoms with van der Waals surface area (Å²) in [4.78, 5) is 35.7. The van der Waals surface area contributed by atoms with Gasteiger partial charge in [-0.2, -0.15) is 12.6 Å². The van der Waals surface area contributed by atoms with Gasteiger partial charge in [0.2, 0.25) is 0 Å². The Morgan fingerprint density at radius 3 is 2.34 bits per heavy atom. The smallest absolute Gasteiger partial charge is 0.414 e. The second-order valence-corrected chi connectivity index (χ2v) is 6.70. The number of rotatable bonds is 8. The lowest BCUT2D eigenvalue weighted by atomic mass is 9.94. The number of thiol groups is 1. The van der Waals surface area contributed by atoms with Crippen molar-refractivity contribution in [2.24, 2.45) is 5.92 Å². The van der Waals surface area contributed by atoms with Crippen molar-refractivity contribution in [3.05, 3.63) is 65.7 Å². The van der Waals surface area contributed by atoms with Crippen molar-refractivity contribution in [3.8, 4) is 5.75 Å². The van der Waals surface area contributed by atoms with E-state index < -0.39 is 24.1 Å². The van der Waals surface area contributed by atoms with E-state index in [1.807, 2.05) is 6.92 Å². The van der Waals surface area contributed by atoms with Crippen LogP contribution in [0.3, 0.4) is 0 Å². The molecule has 2 aromatic rings. The van der Waals surface area contributed by atoms with Crippen LogP contribution in [0, 0.1) is 5.92 Å². The number of hydrogen-bond acceptors (Lipinski definition) is 7. The number of ether oxygens (including phenoxy) is 2. The van der Waals surface area contributed by atoms with Crippen molar-refractivity contribution in [2.45, 2.75) is 19.4 Å². The molecule has 0 heterocycles. The van der Waals surface area contributed by atoms with Crippen molar-refractivity contribution in [2.75, 3.05) is 12.4 Å². The summed E-state index contributed by atoms with van der Waals surface area (Å²) >= 11 is 3.85. The molecule has 0 radical (unpaired) electrons. The van der Waals surface area contributed by atoms with Gasteiger partial charge in [-0.05, 0) is 36.2 Å². The summed E-state index contributed by atoms with van der Waals surface area (Å²) in [6, 6.07) is 14.5. The predicted molar refractivity (Wildman–Crippen MR) is 110 cm³/mol. The molecule has 8 heteroatoms. The van der Waals surface area contributed by atoms with Crippen molar-refractivity contribution < 1.29 is 29.0 Å². The fourth-order valence-electron chi connectivity index (χ4n) is 2.63. The molecule has 0 fully saturated rings. The van der Waals surface area contributed by atoms with Crippen molar-refractivity contribution >= 4 is 30.6 Å². The zero-order chi connectivity index (χ0) is 21.2. The van der Waals surface area contributed by atoms with Gasteiger partial charge in [0, 0.05) is 11.5 Å². The Balaban J connectivity index is 2.06. The van der Waals surface area contributed by atoms with Gasteiger partial charge in [-0.25, -0.2) is 4.79 Å². The van der Waals surface area contributed by atoms with Gasteiger partial charge >= 0.3 is 12.1 Å². The normalized spacial score (nSPS) is 12.5. The van der Waals surface area contributed by atoms with Gasteiger partial charge in [0.1, 0.15) is 11.9 Å². The number of esters is 1. The third-order valence-corrected chi connectivity index (χ3v) is 4.45. The second-order valence-electron chi connectivity index (χ2n) is 6.38.